The second kappa shape index (κ2) is 9.36. The van der Waals surface area contributed by atoms with Crippen LogP contribution in [0, 0.1) is 5.82 Å². The molecule has 2 N–H and O–H groups in total. The highest BCUT2D eigenvalue weighted by molar-refractivity contribution is 5.88. The number of rotatable bonds is 8. The van der Waals surface area contributed by atoms with Crippen LogP contribution < -0.4 is 15.4 Å². The van der Waals surface area contributed by atoms with E-state index in [-0.39, 0.29) is 30.6 Å². The van der Waals surface area contributed by atoms with Crippen molar-refractivity contribution in [2.24, 2.45) is 0 Å². The molecule has 1 atom stereocenters. The number of nitrogens with one attached hydrogen (secondary N) is 2. The molecule has 2 amide bonds. The van der Waals surface area contributed by atoms with Crippen LogP contribution in [0.5, 0.6) is 5.75 Å². The number of ether oxygens (including phenoxy) is 1. The topological polar surface area (TPSA) is 70.7 Å². The number of benzene rings is 1. The number of unbranched alkanes of at least 4 members (excludes halogenated alkanes) is 1. The first-order chi connectivity index (χ1) is 12.0. The van der Waals surface area contributed by atoms with Crippen LogP contribution in [0.3, 0.4) is 0 Å². The van der Waals surface area contributed by atoms with Crippen LogP contribution in [-0.4, -0.2) is 49.5 Å². The van der Waals surface area contributed by atoms with Crippen LogP contribution in [0.25, 0.3) is 0 Å². The molecular weight excluding hydrogens is 325 g/mol. The zero-order chi connectivity index (χ0) is 18.2. The Hall–Kier alpha value is -2.15. The number of carbonyl (C=O) groups excluding carboxylic acids is 2. The van der Waals surface area contributed by atoms with Gasteiger partial charge in [0, 0.05) is 37.8 Å². The molecule has 1 aromatic rings. The lowest BCUT2D eigenvalue weighted by Gasteiger charge is -2.34. The van der Waals surface area contributed by atoms with E-state index in [1.165, 1.54) is 13.2 Å². The summed E-state index contributed by atoms with van der Waals surface area (Å²) in [6, 6.07) is 4.08. The number of amides is 2. The van der Waals surface area contributed by atoms with Gasteiger partial charge >= 0.3 is 0 Å². The van der Waals surface area contributed by atoms with Gasteiger partial charge in [-0.15, -0.1) is 0 Å². The van der Waals surface area contributed by atoms with Crippen LogP contribution in [-0.2, 0) is 16.1 Å². The van der Waals surface area contributed by atoms with E-state index in [4.69, 9.17) is 4.74 Å². The van der Waals surface area contributed by atoms with Crippen LogP contribution >= 0.6 is 0 Å². The first kappa shape index (κ1) is 19.2. The lowest BCUT2D eigenvalue weighted by Crippen LogP contribution is -2.56. The second-order valence-electron chi connectivity index (χ2n) is 6.14. The molecule has 2 rings (SSSR count). The quantitative estimate of drug-likeness (QED) is 0.696. The van der Waals surface area contributed by atoms with Gasteiger partial charge < -0.3 is 15.4 Å². The molecule has 0 radical (unpaired) electrons. The van der Waals surface area contributed by atoms with Gasteiger partial charge in [0.1, 0.15) is 11.6 Å². The van der Waals surface area contributed by atoms with Crippen molar-refractivity contribution in [1.82, 2.24) is 15.5 Å². The second-order valence-corrected chi connectivity index (χ2v) is 6.14. The van der Waals surface area contributed by atoms with Gasteiger partial charge in [0.15, 0.2) is 0 Å². The van der Waals surface area contributed by atoms with Gasteiger partial charge in [-0.3, -0.25) is 14.5 Å². The average molecular weight is 351 g/mol. The first-order valence-electron chi connectivity index (χ1n) is 8.66. The van der Waals surface area contributed by atoms with E-state index in [0.29, 0.717) is 30.9 Å². The summed E-state index contributed by atoms with van der Waals surface area (Å²) in [6.45, 7) is 3.99. The molecular formula is C18H26FN3O3. The number of methoxy groups -OCH3 is 1. The monoisotopic (exact) mass is 351 g/mol. The minimum Gasteiger partial charge on any atom is -0.497 e. The van der Waals surface area contributed by atoms with Crippen molar-refractivity contribution in [3.05, 3.63) is 29.6 Å². The molecule has 0 spiro atoms. The highest BCUT2D eigenvalue weighted by Gasteiger charge is 2.31. The van der Waals surface area contributed by atoms with Gasteiger partial charge in [-0.25, -0.2) is 4.39 Å². The predicted molar refractivity (Wildman–Crippen MR) is 92.7 cm³/mol. The number of piperazine rings is 1. The van der Waals surface area contributed by atoms with Gasteiger partial charge in [-0.1, -0.05) is 19.4 Å². The standard InChI is InChI=1S/C18H26FN3O3/c1-3-4-7-20-17(23)11-16-18(24)21-8-9-22(16)12-13-5-6-14(25-2)10-15(13)19/h5-6,10,16H,3-4,7-9,11-12H2,1-2H3,(H,20,23)(H,21,24)/t16-/m1/s1. The predicted octanol–water partition coefficient (Wildman–Crippen LogP) is 1.44. The van der Waals surface area contributed by atoms with Gasteiger partial charge in [0.05, 0.1) is 19.6 Å². The summed E-state index contributed by atoms with van der Waals surface area (Å²) in [6.07, 6.45) is 1.98. The molecule has 0 bridgehead atoms. The number of halogens is 1. The molecule has 0 aromatic heterocycles. The van der Waals surface area contributed by atoms with E-state index in [1.807, 2.05) is 11.8 Å². The third-order valence-corrected chi connectivity index (χ3v) is 4.31. The molecule has 138 valence electrons. The molecule has 1 heterocycles. The Bertz CT molecular complexity index is 609. The van der Waals surface area contributed by atoms with Crippen molar-refractivity contribution in [3.63, 3.8) is 0 Å². The fraction of sp³-hybridized carbons (Fsp3) is 0.556. The highest BCUT2D eigenvalue weighted by Crippen LogP contribution is 2.20. The maximum absolute atomic E-state index is 14.2. The molecule has 1 saturated heterocycles. The Labute approximate surface area is 147 Å². The SMILES string of the molecule is CCCCNC(=O)C[C@@H]1C(=O)NCCN1Cc1ccc(OC)cc1F. The molecule has 0 saturated carbocycles. The fourth-order valence-corrected chi connectivity index (χ4v) is 2.83. The zero-order valence-electron chi connectivity index (χ0n) is 14.8. The minimum absolute atomic E-state index is 0.0767. The largest absolute Gasteiger partial charge is 0.497 e. The number of nitrogens with zero attached hydrogens (tertiary/aromatic N) is 1. The smallest absolute Gasteiger partial charge is 0.237 e. The lowest BCUT2D eigenvalue weighted by molar-refractivity contribution is -0.134. The molecule has 25 heavy (non-hydrogen) atoms. The number of hydrogen-bond donors (Lipinski definition) is 2. The molecule has 7 heteroatoms. The maximum atomic E-state index is 14.2. The van der Waals surface area contributed by atoms with Gasteiger partial charge in [0.25, 0.3) is 0 Å². The summed E-state index contributed by atoms with van der Waals surface area (Å²) in [5.41, 5.74) is 0.479. The molecule has 1 fully saturated rings. The van der Waals surface area contributed by atoms with Gasteiger partial charge in [-0.2, -0.15) is 0 Å². The molecule has 6 nitrogen and oxygen atoms in total. The highest BCUT2D eigenvalue weighted by atomic mass is 19.1. The van der Waals surface area contributed by atoms with Crippen molar-refractivity contribution < 1.29 is 18.7 Å². The third kappa shape index (κ3) is 5.42. The summed E-state index contributed by atoms with van der Waals surface area (Å²) >= 11 is 0. The summed E-state index contributed by atoms with van der Waals surface area (Å²) in [4.78, 5) is 26.1. The van der Waals surface area contributed by atoms with Crippen molar-refractivity contribution in [3.8, 4) is 5.75 Å². The normalized spacial score (nSPS) is 17.9. The van der Waals surface area contributed by atoms with E-state index in [1.54, 1.807) is 12.1 Å². The van der Waals surface area contributed by atoms with E-state index in [2.05, 4.69) is 10.6 Å². The summed E-state index contributed by atoms with van der Waals surface area (Å²) in [5, 5.41) is 5.61. The maximum Gasteiger partial charge on any atom is 0.237 e. The van der Waals surface area contributed by atoms with Crippen molar-refractivity contribution in [2.75, 3.05) is 26.7 Å². The Morgan fingerprint density at radius 1 is 1.48 bits per heavy atom. The van der Waals surface area contributed by atoms with E-state index in [0.717, 1.165) is 12.8 Å². The van der Waals surface area contributed by atoms with E-state index >= 15 is 0 Å². The first-order valence-corrected chi connectivity index (χ1v) is 8.66. The fourth-order valence-electron chi connectivity index (χ4n) is 2.83. The third-order valence-electron chi connectivity index (χ3n) is 4.31. The lowest BCUT2D eigenvalue weighted by atomic mass is 10.1. The van der Waals surface area contributed by atoms with Gasteiger partial charge in [-0.05, 0) is 12.5 Å². The molecule has 1 aromatic carbocycles. The average Bonchev–Trinajstić information content (AvgIpc) is 2.59. The van der Waals surface area contributed by atoms with Crippen molar-refractivity contribution in [1.29, 1.82) is 0 Å². The van der Waals surface area contributed by atoms with Crippen molar-refractivity contribution in [2.45, 2.75) is 38.8 Å². The van der Waals surface area contributed by atoms with Crippen LogP contribution in [0.4, 0.5) is 4.39 Å². The van der Waals surface area contributed by atoms with Crippen molar-refractivity contribution >= 4 is 11.8 Å². The molecule has 0 unspecified atom stereocenters. The summed E-state index contributed by atoms with van der Waals surface area (Å²) < 4.78 is 19.2. The number of carbonyl (C=O) groups is 2. The molecule has 1 aliphatic rings. The molecule has 1 aliphatic heterocycles. The minimum atomic E-state index is -0.586. The van der Waals surface area contributed by atoms with Crippen LogP contribution in [0.1, 0.15) is 31.7 Å². The van der Waals surface area contributed by atoms with Crippen LogP contribution in [0.2, 0.25) is 0 Å². The van der Waals surface area contributed by atoms with E-state index in [9.17, 15) is 14.0 Å². The Balaban J connectivity index is 2.03. The zero-order valence-corrected chi connectivity index (χ0v) is 14.8. The summed E-state index contributed by atoms with van der Waals surface area (Å²) in [5.74, 6) is -0.275. The van der Waals surface area contributed by atoms with Crippen LogP contribution in [0.15, 0.2) is 18.2 Å². The van der Waals surface area contributed by atoms with Gasteiger partial charge in [0.2, 0.25) is 11.8 Å². The van der Waals surface area contributed by atoms with E-state index < -0.39 is 6.04 Å². The summed E-state index contributed by atoms with van der Waals surface area (Å²) in [7, 11) is 1.48. The Kier molecular flexibility index (Phi) is 7.18. The Morgan fingerprint density at radius 3 is 2.96 bits per heavy atom. The molecule has 0 aliphatic carbocycles. The number of hydrogen-bond acceptors (Lipinski definition) is 4. The Morgan fingerprint density at radius 2 is 2.28 bits per heavy atom.